The average Bonchev–Trinajstić information content (AvgIpc) is 3.31. The first-order chi connectivity index (χ1) is 14.4. The summed E-state index contributed by atoms with van der Waals surface area (Å²) >= 11 is 0. The molecule has 0 saturated heterocycles. The van der Waals surface area contributed by atoms with E-state index in [9.17, 15) is 13.2 Å². The van der Waals surface area contributed by atoms with Crippen molar-refractivity contribution in [1.82, 2.24) is 14.8 Å². The van der Waals surface area contributed by atoms with E-state index in [0.717, 1.165) is 0 Å². The molecule has 3 heterocycles. The second kappa shape index (κ2) is 7.81. The fourth-order valence-electron chi connectivity index (χ4n) is 3.04. The number of ether oxygens (including phenoxy) is 1. The molecule has 0 radical (unpaired) electrons. The molecule has 4 rings (SSSR count). The standard InChI is InChI=1S/C21H20F3N5O/c1-21(2)12-30-20(27-21)18-8-14(9-22)29(28-18)19-7-6-13(10-26-19)25-11-15-16(23)4-3-5-17(15)24/h3-8,10,25H,9,11-12H2,1-2H3. The van der Waals surface area contributed by atoms with Crippen molar-refractivity contribution in [2.45, 2.75) is 32.6 Å². The molecule has 0 aliphatic carbocycles. The minimum Gasteiger partial charge on any atom is -0.474 e. The predicted molar refractivity (Wildman–Crippen MR) is 106 cm³/mol. The molecule has 9 heteroatoms. The maximum atomic E-state index is 13.7. The zero-order chi connectivity index (χ0) is 21.3. The van der Waals surface area contributed by atoms with Crippen LogP contribution < -0.4 is 5.32 Å². The Kier molecular flexibility index (Phi) is 5.19. The molecule has 1 aliphatic rings. The number of nitrogens with one attached hydrogen (secondary N) is 1. The lowest BCUT2D eigenvalue weighted by atomic mass is 10.1. The highest BCUT2D eigenvalue weighted by molar-refractivity contribution is 5.93. The van der Waals surface area contributed by atoms with Crippen LogP contribution in [0.4, 0.5) is 18.9 Å². The second-order valence-corrected chi connectivity index (χ2v) is 7.54. The van der Waals surface area contributed by atoms with Gasteiger partial charge in [0.2, 0.25) is 5.90 Å². The summed E-state index contributed by atoms with van der Waals surface area (Å²) in [6, 6.07) is 8.61. The molecule has 0 spiro atoms. The molecule has 1 aliphatic heterocycles. The minimum absolute atomic E-state index is 0.0336. The Labute approximate surface area is 171 Å². The van der Waals surface area contributed by atoms with Crippen molar-refractivity contribution in [2.24, 2.45) is 4.99 Å². The van der Waals surface area contributed by atoms with Crippen molar-refractivity contribution in [1.29, 1.82) is 0 Å². The number of nitrogens with zero attached hydrogens (tertiary/aromatic N) is 4. The van der Waals surface area contributed by atoms with Gasteiger partial charge in [-0.25, -0.2) is 27.8 Å². The van der Waals surface area contributed by atoms with E-state index < -0.39 is 18.3 Å². The summed E-state index contributed by atoms with van der Waals surface area (Å²) in [4.78, 5) is 8.75. The highest BCUT2D eigenvalue weighted by atomic mass is 19.1. The second-order valence-electron chi connectivity index (χ2n) is 7.54. The van der Waals surface area contributed by atoms with Gasteiger partial charge in [-0.3, -0.25) is 0 Å². The number of benzene rings is 1. The SMILES string of the molecule is CC1(C)COC(c2cc(CF)n(-c3ccc(NCc4c(F)cccc4F)cn3)n2)=N1. The van der Waals surface area contributed by atoms with Gasteiger partial charge >= 0.3 is 0 Å². The largest absolute Gasteiger partial charge is 0.474 e. The third kappa shape index (κ3) is 4.00. The number of hydrogen-bond donors (Lipinski definition) is 1. The zero-order valence-corrected chi connectivity index (χ0v) is 16.5. The molecule has 1 aromatic carbocycles. The highest BCUT2D eigenvalue weighted by Crippen LogP contribution is 2.22. The van der Waals surface area contributed by atoms with Gasteiger partial charge in [0, 0.05) is 12.1 Å². The highest BCUT2D eigenvalue weighted by Gasteiger charge is 2.29. The number of anilines is 1. The van der Waals surface area contributed by atoms with Crippen molar-refractivity contribution in [2.75, 3.05) is 11.9 Å². The van der Waals surface area contributed by atoms with Crippen LogP contribution in [0.25, 0.3) is 5.82 Å². The van der Waals surface area contributed by atoms with E-state index in [1.807, 2.05) is 13.8 Å². The van der Waals surface area contributed by atoms with E-state index in [1.165, 1.54) is 29.1 Å². The van der Waals surface area contributed by atoms with Crippen molar-refractivity contribution >= 4 is 11.6 Å². The first kappa shape index (κ1) is 19.9. The van der Waals surface area contributed by atoms with Crippen LogP contribution in [0.1, 0.15) is 30.8 Å². The molecule has 0 unspecified atom stereocenters. The van der Waals surface area contributed by atoms with E-state index in [4.69, 9.17) is 4.74 Å². The Hall–Kier alpha value is -3.36. The monoisotopic (exact) mass is 415 g/mol. The first-order valence-electron chi connectivity index (χ1n) is 9.37. The lowest BCUT2D eigenvalue weighted by Gasteiger charge is -2.09. The van der Waals surface area contributed by atoms with Crippen molar-refractivity contribution < 1.29 is 17.9 Å². The van der Waals surface area contributed by atoms with Gasteiger partial charge < -0.3 is 10.1 Å². The maximum absolute atomic E-state index is 13.7. The van der Waals surface area contributed by atoms with E-state index in [2.05, 4.69) is 20.4 Å². The molecule has 3 aromatic rings. The Morgan fingerprint density at radius 1 is 1.17 bits per heavy atom. The molecule has 156 valence electrons. The van der Waals surface area contributed by atoms with Crippen LogP contribution in [0, 0.1) is 11.6 Å². The molecule has 0 atom stereocenters. The van der Waals surface area contributed by atoms with Crippen LogP contribution in [0.3, 0.4) is 0 Å². The van der Waals surface area contributed by atoms with Crippen LogP contribution in [0.15, 0.2) is 47.6 Å². The number of alkyl halides is 1. The van der Waals surface area contributed by atoms with Crippen molar-refractivity contribution in [3.05, 3.63) is 71.2 Å². The summed E-state index contributed by atoms with van der Waals surface area (Å²) in [6.07, 6.45) is 1.49. The summed E-state index contributed by atoms with van der Waals surface area (Å²) in [5, 5.41) is 7.31. The summed E-state index contributed by atoms with van der Waals surface area (Å²) in [6.45, 7) is 3.54. The van der Waals surface area contributed by atoms with Gasteiger partial charge in [0.25, 0.3) is 0 Å². The third-order valence-electron chi connectivity index (χ3n) is 4.60. The van der Waals surface area contributed by atoms with Gasteiger partial charge in [-0.05, 0) is 44.2 Å². The van der Waals surface area contributed by atoms with Gasteiger partial charge in [0.1, 0.15) is 30.6 Å². The number of halogens is 3. The number of aromatic nitrogens is 3. The van der Waals surface area contributed by atoms with E-state index >= 15 is 0 Å². The Bertz CT molecular complexity index is 1070. The average molecular weight is 415 g/mol. The molecule has 2 aromatic heterocycles. The Balaban J connectivity index is 1.53. The van der Waals surface area contributed by atoms with Gasteiger partial charge in [-0.2, -0.15) is 5.10 Å². The zero-order valence-electron chi connectivity index (χ0n) is 16.5. The Morgan fingerprint density at radius 2 is 1.93 bits per heavy atom. The molecule has 0 amide bonds. The van der Waals surface area contributed by atoms with Crippen molar-refractivity contribution in [3.63, 3.8) is 0 Å². The number of pyridine rings is 1. The molecular weight excluding hydrogens is 395 g/mol. The molecule has 0 bridgehead atoms. The number of rotatable bonds is 6. The fourth-order valence-corrected chi connectivity index (χ4v) is 3.04. The number of hydrogen-bond acceptors (Lipinski definition) is 5. The lowest BCUT2D eigenvalue weighted by molar-refractivity contribution is 0.279. The molecule has 1 N–H and O–H groups in total. The van der Waals surface area contributed by atoms with Gasteiger partial charge in [0.15, 0.2) is 5.82 Å². The van der Waals surface area contributed by atoms with E-state index in [0.29, 0.717) is 35.4 Å². The molecule has 0 fully saturated rings. The van der Waals surface area contributed by atoms with Gasteiger partial charge in [0.05, 0.1) is 23.1 Å². The van der Waals surface area contributed by atoms with Crippen LogP contribution in [0.2, 0.25) is 0 Å². The fraction of sp³-hybridized carbons (Fsp3) is 0.286. The smallest absolute Gasteiger partial charge is 0.237 e. The summed E-state index contributed by atoms with van der Waals surface area (Å²) in [5.74, 6) is -0.471. The molecule has 0 saturated carbocycles. The predicted octanol–water partition coefficient (Wildman–Crippen LogP) is 4.18. The quantitative estimate of drug-likeness (QED) is 0.656. The number of aliphatic imine (C=N–C) groups is 1. The van der Waals surface area contributed by atoms with Gasteiger partial charge in [-0.1, -0.05) is 6.07 Å². The van der Waals surface area contributed by atoms with Crippen LogP contribution in [-0.4, -0.2) is 32.8 Å². The molecule has 6 nitrogen and oxygen atoms in total. The van der Waals surface area contributed by atoms with Crippen LogP contribution >= 0.6 is 0 Å². The summed E-state index contributed by atoms with van der Waals surface area (Å²) in [5.41, 5.74) is 0.895. The molecule has 30 heavy (non-hydrogen) atoms. The van der Waals surface area contributed by atoms with Crippen LogP contribution in [0.5, 0.6) is 0 Å². The van der Waals surface area contributed by atoms with Gasteiger partial charge in [-0.15, -0.1) is 0 Å². The minimum atomic E-state index is -0.738. The van der Waals surface area contributed by atoms with Crippen molar-refractivity contribution in [3.8, 4) is 5.82 Å². The summed E-state index contributed by atoms with van der Waals surface area (Å²) in [7, 11) is 0. The molecular formula is C21H20F3N5O. The Morgan fingerprint density at radius 3 is 2.53 bits per heavy atom. The van der Waals surface area contributed by atoms with Crippen LogP contribution in [-0.2, 0) is 18.0 Å². The third-order valence-corrected chi connectivity index (χ3v) is 4.60. The topological polar surface area (TPSA) is 64.3 Å². The maximum Gasteiger partial charge on any atom is 0.237 e. The normalized spacial score (nSPS) is 15.0. The lowest BCUT2D eigenvalue weighted by Crippen LogP contribution is -2.17. The van der Waals surface area contributed by atoms with E-state index in [1.54, 1.807) is 18.2 Å². The summed E-state index contributed by atoms with van der Waals surface area (Å²) < 4.78 is 48.0. The van der Waals surface area contributed by atoms with E-state index in [-0.39, 0.29) is 17.6 Å². The first-order valence-corrected chi connectivity index (χ1v) is 9.37.